The van der Waals surface area contributed by atoms with Gasteiger partial charge in [-0.25, -0.2) is 0 Å². The molecule has 0 fully saturated rings. The number of hydrogen-bond acceptors (Lipinski definition) is 1. The van der Waals surface area contributed by atoms with Gasteiger partial charge in [-0.2, -0.15) is 29.4 Å². The van der Waals surface area contributed by atoms with Crippen molar-refractivity contribution in [1.29, 1.82) is 0 Å². The number of para-hydroxylation sites is 1. The fourth-order valence-electron chi connectivity index (χ4n) is 1.72. The monoisotopic (exact) mass is 392 g/mol. The van der Waals surface area contributed by atoms with Crippen molar-refractivity contribution in [2.75, 3.05) is 0 Å². The molecule has 0 aliphatic carbocycles. The van der Waals surface area contributed by atoms with Gasteiger partial charge in [0.05, 0.1) is 5.69 Å². The Kier molecular flexibility index (Phi) is 4.45. The van der Waals surface area contributed by atoms with E-state index >= 15 is 0 Å². The van der Waals surface area contributed by atoms with Crippen LogP contribution in [0.3, 0.4) is 0 Å². The first-order valence-corrected chi connectivity index (χ1v) is 5.26. The maximum Gasteiger partial charge on any atom is 0.0657 e. The Labute approximate surface area is 110 Å². The zero-order valence-electron chi connectivity index (χ0n) is 9.74. The second-order valence-electron chi connectivity index (χ2n) is 3.67. The molecule has 0 saturated carbocycles. The zero-order chi connectivity index (χ0) is 10.8. The summed E-state index contributed by atoms with van der Waals surface area (Å²) in [7, 11) is 0. The summed E-state index contributed by atoms with van der Waals surface area (Å²) >= 11 is 0. The second kappa shape index (κ2) is 5.42. The molecule has 0 atom stereocenters. The molecule has 2 aromatic rings. The maximum absolute atomic E-state index is 4.58. The van der Waals surface area contributed by atoms with Crippen molar-refractivity contribution in [3.05, 3.63) is 47.3 Å². The minimum atomic E-state index is 0. The zero-order valence-corrected chi connectivity index (χ0v) is 12.1. The number of hydrogen-bond donors (Lipinski definition) is 0. The van der Waals surface area contributed by atoms with E-state index in [2.05, 4.69) is 31.9 Å². The van der Waals surface area contributed by atoms with Gasteiger partial charge in [-0.3, -0.25) is 4.68 Å². The van der Waals surface area contributed by atoms with E-state index in [1.807, 2.05) is 28.9 Å². The van der Waals surface area contributed by atoms with Gasteiger partial charge in [-0.15, -0.1) is 6.07 Å². The van der Waals surface area contributed by atoms with Gasteiger partial charge in [0, 0.05) is 25.8 Å². The SMILES string of the molecule is CCc1nn(-c2[c-]cccc2)c(C)c1C.[Ir]. The third kappa shape index (κ3) is 2.26. The van der Waals surface area contributed by atoms with Gasteiger partial charge in [0.25, 0.3) is 0 Å². The molecule has 3 heteroatoms. The molecule has 0 amide bonds. The molecule has 2 rings (SSSR count). The molecule has 1 aromatic heterocycles. The minimum Gasteiger partial charge on any atom is -0.262 e. The van der Waals surface area contributed by atoms with E-state index in [1.54, 1.807) is 0 Å². The molecule has 0 saturated heterocycles. The molecule has 0 unspecified atom stereocenters. The van der Waals surface area contributed by atoms with Crippen LogP contribution in [0.4, 0.5) is 0 Å². The summed E-state index contributed by atoms with van der Waals surface area (Å²) in [6.07, 6.45) is 0.979. The van der Waals surface area contributed by atoms with Gasteiger partial charge in [0.1, 0.15) is 0 Å². The molecule has 1 heterocycles. The number of nitrogens with zero attached hydrogens (tertiary/aromatic N) is 2. The van der Waals surface area contributed by atoms with Crippen LogP contribution in [0.1, 0.15) is 23.9 Å². The predicted molar refractivity (Wildman–Crippen MR) is 61.3 cm³/mol. The minimum absolute atomic E-state index is 0. The van der Waals surface area contributed by atoms with Crippen molar-refractivity contribution in [1.82, 2.24) is 9.78 Å². The average Bonchev–Trinajstić information content (AvgIpc) is 2.57. The van der Waals surface area contributed by atoms with Crippen molar-refractivity contribution in [2.24, 2.45) is 0 Å². The van der Waals surface area contributed by atoms with Crippen LogP contribution in [-0.2, 0) is 26.5 Å². The van der Waals surface area contributed by atoms with Crippen LogP contribution >= 0.6 is 0 Å². The van der Waals surface area contributed by atoms with E-state index in [0.717, 1.165) is 12.1 Å². The summed E-state index contributed by atoms with van der Waals surface area (Å²) in [5.41, 5.74) is 4.67. The number of benzene rings is 1. The van der Waals surface area contributed by atoms with Gasteiger partial charge in [0.2, 0.25) is 0 Å². The van der Waals surface area contributed by atoms with Gasteiger partial charge in [-0.05, 0) is 31.5 Å². The van der Waals surface area contributed by atoms with E-state index in [1.165, 1.54) is 17.0 Å². The van der Waals surface area contributed by atoms with Crippen LogP contribution < -0.4 is 0 Å². The van der Waals surface area contributed by atoms with Crippen LogP contribution in [0.5, 0.6) is 0 Å². The van der Waals surface area contributed by atoms with Crippen LogP contribution in [-0.4, -0.2) is 9.78 Å². The van der Waals surface area contributed by atoms with Gasteiger partial charge in [-0.1, -0.05) is 6.92 Å². The molecule has 0 aliphatic heterocycles. The average molecular weight is 391 g/mol. The van der Waals surface area contributed by atoms with Gasteiger partial charge >= 0.3 is 0 Å². The van der Waals surface area contributed by atoms with E-state index < -0.39 is 0 Å². The van der Waals surface area contributed by atoms with Gasteiger partial charge in [0.15, 0.2) is 0 Å². The Hall–Kier alpha value is -0.921. The summed E-state index contributed by atoms with van der Waals surface area (Å²) in [5, 5.41) is 4.58. The largest absolute Gasteiger partial charge is 0.262 e. The second-order valence-corrected chi connectivity index (χ2v) is 3.67. The molecule has 16 heavy (non-hydrogen) atoms. The molecule has 1 aromatic carbocycles. The van der Waals surface area contributed by atoms with Crippen LogP contribution in [0.2, 0.25) is 0 Å². The van der Waals surface area contributed by atoms with E-state index in [-0.39, 0.29) is 20.1 Å². The summed E-state index contributed by atoms with van der Waals surface area (Å²) in [4.78, 5) is 0. The smallest absolute Gasteiger partial charge is 0.0657 e. The summed E-state index contributed by atoms with van der Waals surface area (Å²) < 4.78 is 1.97. The van der Waals surface area contributed by atoms with Crippen molar-refractivity contribution >= 4 is 0 Å². The van der Waals surface area contributed by atoms with Crippen LogP contribution in [0.15, 0.2) is 24.3 Å². The summed E-state index contributed by atoms with van der Waals surface area (Å²) in [6, 6.07) is 11.1. The molecular weight excluding hydrogens is 376 g/mol. The normalized spacial score (nSPS) is 9.94. The first kappa shape index (κ1) is 13.1. The Morgan fingerprint density at radius 3 is 2.56 bits per heavy atom. The maximum atomic E-state index is 4.58. The molecule has 0 N–H and O–H groups in total. The number of aryl methyl sites for hydroxylation is 1. The third-order valence-corrected chi connectivity index (χ3v) is 2.77. The topological polar surface area (TPSA) is 17.8 Å². The van der Waals surface area contributed by atoms with Crippen molar-refractivity contribution in [3.63, 3.8) is 0 Å². The van der Waals surface area contributed by atoms with Crippen LogP contribution in [0.25, 0.3) is 5.69 Å². The Morgan fingerprint density at radius 1 is 1.31 bits per heavy atom. The summed E-state index contributed by atoms with van der Waals surface area (Å²) in [5.74, 6) is 0. The molecule has 0 spiro atoms. The van der Waals surface area contributed by atoms with Crippen molar-refractivity contribution in [2.45, 2.75) is 27.2 Å². The third-order valence-electron chi connectivity index (χ3n) is 2.77. The molecule has 87 valence electrons. The molecular formula is C13H15IrN2-. The first-order chi connectivity index (χ1) is 7.24. The van der Waals surface area contributed by atoms with Crippen molar-refractivity contribution < 1.29 is 20.1 Å². The molecule has 0 bridgehead atoms. The van der Waals surface area contributed by atoms with Gasteiger partial charge < -0.3 is 0 Å². The van der Waals surface area contributed by atoms with E-state index in [4.69, 9.17) is 0 Å². The molecule has 0 aliphatic rings. The fourth-order valence-corrected chi connectivity index (χ4v) is 1.72. The Morgan fingerprint density at radius 2 is 2.06 bits per heavy atom. The first-order valence-electron chi connectivity index (χ1n) is 5.26. The molecule has 2 nitrogen and oxygen atoms in total. The number of rotatable bonds is 2. The predicted octanol–water partition coefficient (Wildman–Crippen LogP) is 2.85. The molecule has 1 radical (unpaired) electrons. The standard InChI is InChI=1S/C13H15N2.Ir/c1-4-13-10(2)11(3)15(14-13)12-8-6-5-7-9-12;/h5-8H,4H2,1-3H3;/q-1;. The number of aromatic nitrogens is 2. The van der Waals surface area contributed by atoms with E-state index in [0.29, 0.717) is 0 Å². The fraction of sp³-hybridized carbons (Fsp3) is 0.308. The quantitative estimate of drug-likeness (QED) is 0.720. The Bertz CT molecular complexity index is 460. The van der Waals surface area contributed by atoms with Crippen LogP contribution in [0, 0.1) is 19.9 Å². The summed E-state index contributed by atoms with van der Waals surface area (Å²) in [6.45, 7) is 6.36. The Balaban J connectivity index is 0.00000128. The van der Waals surface area contributed by atoms with E-state index in [9.17, 15) is 0 Å². The van der Waals surface area contributed by atoms with Crippen molar-refractivity contribution in [3.8, 4) is 5.69 Å².